The Hall–Kier alpha value is -5.89. The Bertz CT molecular complexity index is 2330. The van der Waals surface area contributed by atoms with Gasteiger partial charge < -0.3 is 19.7 Å². The zero-order chi connectivity index (χ0) is 36.6. The number of fused-ring (bicyclic) bond motifs is 2. The Labute approximate surface area is 311 Å². The summed E-state index contributed by atoms with van der Waals surface area (Å²) in [7, 11) is 0. The third-order valence-corrected chi connectivity index (χ3v) is 10.9. The smallest absolute Gasteiger partial charge is 0.249 e. The van der Waals surface area contributed by atoms with Crippen molar-refractivity contribution in [3.63, 3.8) is 0 Å². The number of pyridine rings is 1. The molecule has 0 saturated carbocycles. The van der Waals surface area contributed by atoms with E-state index < -0.39 is 6.04 Å². The number of rotatable bonds is 10. The van der Waals surface area contributed by atoms with Gasteiger partial charge in [-0.2, -0.15) is 0 Å². The fourth-order valence-corrected chi connectivity index (χ4v) is 8.11. The Morgan fingerprint density at radius 1 is 0.870 bits per heavy atom. The van der Waals surface area contributed by atoms with Crippen molar-refractivity contribution >= 4 is 45.8 Å². The lowest BCUT2D eigenvalue weighted by Crippen LogP contribution is -2.47. The fourth-order valence-electron chi connectivity index (χ4n) is 8.11. The van der Waals surface area contributed by atoms with Crippen LogP contribution in [0.1, 0.15) is 49.8 Å². The highest BCUT2D eigenvalue weighted by Gasteiger charge is 2.30. The van der Waals surface area contributed by atoms with Crippen LogP contribution in [0, 0.1) is 5.82 Å². The lowest BCUT2D eigenvalue weighted by Gasteiger charge is -2.35. The van der Waals surface area contributed by atoms with Gasteiger partial charge in [0.25, 0.3) is 0 Å². The number of imidazole rings is 2. The first kappa shape index (κ1) is 33.9. The van der Waals surface area contributed by atoms with Gasteiger partial charge in [0.15, 0.2) is 5.65 Å². The van der Waals surface area contributed by atoms with Crippen LogP contribution < -0.4 is 20.4 Å². The van der Waals surface area contributed by atoms with E-state index in [9.17, 15) is 14.0 Å². The lowest BCUT2D eigenvalue weighted by molar-refractivity contribution is -0.135. The molecule has 3 fully saturated rings. The summed E-state index contributed by atoms with van der Waals surface area (Å²) < 4.78 is 17.8. The molecule has 9 rings (SSSR count). The van der Waals surface area contributed by atoms with Crippen LogP contribution in [0.5, 0.6) is 0 Å². The summed E-state index contributed by atoms with van der Waals surface area (Å²) in [4.78, 5) is 45.3. The average molecular weight is 728 g/mol. The highest BCUT2D eigenvalue weighted by Crippen LogP contribution is 2.36. The maximum atomic E-state index is 14.1. The molecular formula is C40H42FN11O2. The first-order valence-corrected chi connectivity index (χ1v) is 18.8. The number of carbonyl (C=O) groups excluding carboxylic acids is 2. The van der Waals surface area contributed by atoms with Crippen molar-refractivity contribution in [2.75, 3.05) is 60.9 Å². The molecule has 276 valence electrons. The van der Waals surface area contributed by atoms with Crippen LogP contribution in [-0.2, 0) is 9.59 Å². The van der Waals surface area contributed by atoms with Crippen LogP contribution in [-0.4, -0.2) is 91.7 Å². The third-order valence-electron chi connectivity index (χ3n) is 10.9. The largest absolute Gasteiger partial charge is 0.385 e. The van der Waals surface area contributed by atoms with Crippen LogP contribution >= 0.6 is 0 Å². The summed E-state index contributed by atoms with van der Waals surface area (Å²) in [5.41, 5.74) is 6.08. The minimum absolute atomic E-state index is 0.0792. The summed E-state index contributed by atoms with van der Waals surface area (Å²) in [6.07, 6.45) is 7.32. The molecule has 3 aliphatic heterocycles. The summed E-state index contributed by atoms with van der Waals surface area (Å²) in [5, 5.41) is 11.0. The van der Waals surface area contributed by atoms with E-state index in [0.717, 1.165) is 116 Å². The zero-order valence-electron chi connectivity index (χ0n) is 29.9. The van der Waals surface area contributed by atoms with Gasteiger partial charge in [-0.15, -0.1) is 5.10 Å². The molecule has 14 heteroatoms. The van der Waals surface area contributed by atoms with Crippen molar-refractivity contribution in [1.82, 2.24) is 39.3 Å². The van der Waals surface area contributed by atoms with Crippen LogP contribution in [0.25, 0.3) is 28.1 Å². The van der Waals surface area contributed by atoms with E-state index in [1.807, 2.05) is 57.7 Å². The zero-order valence-corrected chi connectivity index (χ0v) is 29.9. The number of hydrogen-bond acceptors (Lipinski definition) is 10. The van der Waals surface area contributed by atoms with E-state index >= 15 is 0 Å². The molecule has 1 unspecified atom stereocenters. The molecule has 7 heterocycles. The minimum atomic E-state index is -0.417. The highest BCUT2D eigenvalue weighted by molar-refractivity contribution is 6.00. The van der Waals surface area contributed by atoms with E-state index in [0.29, 0.717) is 12.8 Å². The van der Waals surface area contributed by atoms with Crippen molar-refractivity contribution in [2.45, 2.75) is 44.2 Å². The quantitative estimate of drug-likeness (QED) is 0.143. The molecule has 13 nitrogen and oxygen atoms in total. The number of benzene rings is 2. The van der Waals surface area contributed by atoms with Crippen molar-refractivity contribution in [3.8, 4) is 11.4 Å². The second kappa shape index (κ2) is 14.5. The van der Waals surface area contributed by atoms with Gasteiger partial charge in [0.1, 0.15) is 29.2 Å². The summed E-state index contributed by atoms with van der Waals surface area (Å²) in [5.74, 6) is 1.08. The van der Waals surface area contributed by atoms with Gasteiger partial charge >= 0.3 is 0 Å². The molecule has 3 saturated heterocycles. The molecule has 0 radical (unpaired) electrons. The van der Waals surface area contributed by atoms with Crippen molar-refractivity contribution in [1.29, 1.82) is 0 Å². The molecule has 2 aromatic carbocycles. The Morgan fingerprint density at radius 3 is 2.63 bits per heavy atom. The molecule has 0 aliphatic carbocycles. The van der Waals surface area contributed by atoms with Gasteiger partial charge in [-0.1, -0.05) is 18.2 Å². The van der Waals surface area contributed by atoms with Gasteiger partial charge in [-0.05, 0) is 92.4 Å². The van der Waals surface area contributed by atoms with Crippen LogP contribution in [0.15, 0.2) is 85.3 Å². The van der Waals surface area contributed by atoms with E-state index in [4.69, 9.17) is 10.1 Å². The number of hydrogen-bond donors (Lipinski definition) is 2. The number of aromatic nitrogens is 6. The summed E-state index contributed by atoms with van der Waals surface area (Å²) >= 11 is 0. The molecule has 6 aromatic rings. The monoisotopic (exact) mass is 727 g/mol. The molecule has 0 spiro atoms. The number of anilines is 3. The van der Waals surface area contributed by atoms with E-state index in [2.05, 4.69) is 47.4 Å². The van der Waals surface area contributed by atoms with Gasteiger partial charge in [-0.3, -0.25) is 19.8 Å². The fraction of sp³-hybridized carbons (Fsp3) is 0.350. The number of halogens is 1. The van der Waals surface area contributed by atoms with Gasteiger partial charge in [0.2, 0.25) is 11.8 Å². The van der Waals surface area contributed by atoms with Gasteiger partial charge in [0.05, 0.1) is 35.3 Å². The van der Waals surface area contributed by atoms with E-state index in [1.54, 1.807) is 18.5 Å². The predicted octanol–water partition coefficient (Wildman–Crippen LogP) is 5.22. The van der Waals surface area contributed by atoms with Crippen molar-refractivity contribution in [2.24, 2.45) is 0 Å². The maximum absolute atomic E-state index is 14.1. The van der Waals surface area contributed by atoms with Gasteiger partial charge in [0, 0.05) is 51.4 Å². The number of piperidine rings is 1. The van der Waals surface area contributed by atoms with Crippen LogP contribution in [0.4, 0.5) is 21.7 Å². The SMILES string of the molecule is O=C1CCC(n2cnc3cc(NCCCN4CCN(c5cccc(-c6cnc7ccc(N8CCC[C@@H]8c8cccc(F)c8)nn67)n5)CC4)ccc32)C(=O)N1. The van der Waals surface area contributed by atoms with Crippen LogP contribution in [0.2, 0.25) is 0 Å². The average Bonchev–Trinajstić information content (AvgIpc) is 3.96. The van der Waals surface area contributed by atoms with Crippen molar-refractivity contribution < 1.29 is 14.0 Å². The molecule has 4 aromatic heterocycles. The minimum Gasteiger partial charge on any atom is -0.385 e. The van der Waals surface area contributed by atoms with Gasteiger partial charge in [-0.25, -0.2) is 23.9 Å². The third kappa shape index (κ3) is 6.73. The number of nitrogens with zero attached hydrogens (tertiary/aromatic N) is 9. The number of piperazine rings is 1. The van der Waals surface area contributed by atoms with E-state index in [1.165, 1.54) is 6.07 Å². The normalized spacial score (nSPS) is 19.6. The highest BCUT2D eigenvalue weighted by atomic mass is 19.1. The molecule has 2 amide bonds. The first-order chi connectivity index (χ1) is 26.5. The Morgan fingerprint density at radius 2 is 1.76 bits per heavy atom. The number of carbonyl (C=O) groups is 2. The van der Waals surface area contributed by atoms with Crippen molar-refractivity contribution in [3.05, 3.63) is 96.7 Å². The molecule has 3 aliphatic rings. The molecule has 0 bridgehead atoms. The van der Waals surface area contributed by atoms with Crippen LogP contribution in [0.3, 0.4) is 0 Å². The number of imide groups is 1. The number of amides is 2. The molecule has 2 N–H and O–H groups in total. The standard InChI is InChI=1S/C40H42FN11O2/c41-28-6-1-5-27(23-28)32-8-3-18-50(32)38-14-13-36-43-25-35(52(36)47-38)30-7-2-9-37(45-30)49-21-19-48(20-22-49)17-4-16-42-29-10-11-33-31(24-29)44-26-51(33)34-12-15-39(53)46-40(34)54/h1-2,5-7,9-11,13-14,23-26,32,34,42H,3-4,8,12,15-22H2,(H,46,53,54)/t32-,34?/m1/s1. The number of nitrogens with one attached hydrogen (secondary N) is 2. The lowest BCUT2D eigenvalue weighted by atomic mass is 10.0. The molecule has 54 heavy (non-hydrogen) atoms. The first-order valence-electron chi connectivity index (χ1n) is 18.8. The summed E-state index contributed by atoms with van der Waals surface area (Å²) in [6.45, 7) is 6.38. The predicted molar refractivity (Wildman–Crippen MR) is 205 cm³/mol. The maximum Gasteiger partial charge on any atom is 0.249 e. The Balaban J connectivity index is 0.793. The Kier molecular flexibility index (Phi) is 9.11. The topological polar surface area (TPSA) is 129 Å². The van der Waals surface area contributed by atoms with E-state index in [-0.39, 0.29) is 23.7 Å². The summed E-state index contributed by atoms with van der Waals surface area (Å²) in [6, 6.07) is 22.7. The second-order valence-corrected chi connectivity index (χ2v) is 14.3. The molecule has 2 atom stereocenters. The molecular weight excluding hydrogens is 686 g/mol. The second-order valence-electron chi connectivity index (χ2n) is 14.3.